The third-order valence-electron chi connectivity index (χ3n) is 2.93. The average molecular weight is 267 g/mol. The summed E-state index contributed by atoms with van der Waals surface area (Å²) in [6.07, 6.45) is 0. The molecule has 19 heavy (non-hydrogen) atoms. The Hall–Kier alpha value is -1.89. The lowest BCUT2D eigenvalue weighted by Gasteiger charge is -2.47. The van der Waals surface area contributed by atoms with Crippen LogP contribution in [0.5, 0.6) is 5.88 Å². The average Bonchev–Trinajstić information content (AvgIpc) is 2.32. The van der Waals surface area contributed by atoms with Gasteiger partial charge in [0.1, 0.15) is 23.9 Å². The summed E-state index contributed by atoms with van der Waals surface area (Å²) in [6, 6.07) is 1.75. The molecule has 0 bridgehead atoms. The zero-order chi connectivity index (χ0) is 14.0. The molecule has 0 amide bonds. The Morgan fingerprint density at radius 1 is 1.53 bits per heavy atom. The fourth-order valence-corrected chi connectivity index (χ4v) is 2.04. The first-order valence-corrected chi connectivity index (χ1v) is 5.92. The van der Waals surface area contributed by atoms with Crippen molar-refractivity contribution in [1.29, 1.82) is 0 Å². The van der Waals surface area contributed by atoms with E-state index in [2.05, 4.69) is 9.97 Å². The molecular formula is C12H17N3O4. The summed E-state index contributed by atoms with van der Waals surface area (Å²) >= 11 is 0. The molecule has 1 aromatic heterocycles. The van der Waals surface area contributed by atoms with Crippen LogP contribution in [-0.4, -0.2) is 53.5 Å². The number of carbonyl (C=O) groups is 1. The molecule has 1 aromatic rings. The SMILES string of the molecule is COc1cc(N2CC(C)(OCC(=O)O)C2)nc(C)n1. The molecule has 2 rings (SSSR count). The van der Waals surface area contributed by atoms with Gasteiger partial charge in [0.15, 0.2) is 0 Å². The van der Waals surface area contributed by atoms with Crippen molar-refractivity contribution < 1.29 is 19.4 Å². The molecule has 1 saturated heterocycles. The molecule has 1 aliphatic rings. The van der Waals surface area contributed by atoms with Gasteiger partial charge in [0.25, 0.3) is 0 Å². The third-order valence-corrected chi connectivity index (χ3v) is 2.93. The Morgan fingerprint density at radius 3 is 2.79 bits per heavy atom. The fourth-order valence-electron chi connectivity index (χ4n) is 2.04. The minimum absolute atomic E-state index is 0.281. The monoisotopic (exact) mass is 267 g/mol. The molecule has 0 saturated carbocycles. The topological polar surface area (TPSA) is 84.8 Å². The summed E-state index contributed by atoms with van der Waals surface area (Å²) < 4.78 is 10.4. The molecule has 0 spiro atoms. The number of carboxylic acids is 1. The summed E-state index contributed by atoms with van der Waals surface area (Å²) in [5.74, 6) is 0.955. The van der Waals surface area contributed by atoms with Gasteiger partial charge in [-0.25, -0.2) is 9.78 Å². The first-order valence-electron chi connectivity index (χ1n) is 5.92. The Bertz CT molecular complexity index is 486. The Balaban J connectivity index is 1.99. The van der Waals surface area contributed by atoms with Crippen molar-refractivity contribution >= 4 is 11.8 Å². The number of hydrogen-bond acceptors (Lipinski definition) is 6. The van der Waals surface area contributed by atoms with E-state index in [1.165, 1.54) is 0 Å². The normalized spacial score (nSPS) is 16.9. The molecule has 1 N–H and O–H groups in total. The maximum atomic E-state index is 10.5. The van der Waals surface area contributed by atoms with Crippen molar-refractivity contribution in [2.75, 3.05) is 31.7 Å². The highest BCUT2D eigenvalue weighted by Gasteiger charge is 2.41. The molecule has 0 atom stereocenters. The minimum atomic E-state index is -0.959. The predicted molar refractivity (Wildman–Crippen MR) is 67.5 cm³/mol. The van der Waals surface area contributed by atoms with Crippen LogP contribution in [0.2, 0.25) is 0 Å². The van der Waals surface area contributed by atoms with E-state index >= 15 is 0 Å². The highest BCUT2D eigenvalue weighted by Crippen LogP contribution is 2.30. The Morgan fingerprint density at radius 2 is 2.21 bits per heavy atom. The molecule has 104 valence electrons. The van der Waals surface area contributed by atoms with Gasteiger partial charge in [-0.3, -0.25) is 0 Å². The lowest BCUT2D eigenvalue weighted by Crippen LogP contribution is -2.62. The van der Waals surface area contributed by atoms with Crippen LogP contribution in [0.25, 0.3) is 0 Å². The largest absolute Gasteiger partial charge is 0.481 e. The van der Waals surface area contributed by atoms with Gasteiger partial charge in [-0.1, -0.05) is 0 Å². The van der Waals surface area contributed by atoms with Crippen molar-refractivity contribution in [2.45, 2.75) is 19.4 Å². The molecule has 7 heteroatoms. The summed E-state index contributed by atoms with van der Waals surface area (Å²) in [6.45, 7) is 4.60. The van der Waals surface area contributed by atoms with Crippen LogP contribution in [0.4, 0.5) is 5.82 Å². The van der Waals surface area contributed by atoms with Crippen LogP contribution in [-0.2, 0) is 9.53 Å². The van der Waals surface area contributed by atoms with E-state index in [0.717, 1.165) is 5.82 Å². The van der Waals surface area contributed by atoms with Crippen molar-refractivity contribution in [3.8, 4) is 5.88 Å². The van der Waals surface area contributed by atoms with Gasteiger partial charge in [0.05, 0.1) is 7.11 Å². The third kappa shape index (κ3) is 3.11. The number of aryl methyl sites for hydroxylation is 1. The molecule has 2 heterocycles. The van der Waals surface area contributed by atoms with Gasteiger partial charge in [-0.2, -0.15) is 4.98 Å². The summed E-state index contributed by atoms with van der Waals surface area (Å²) in [5.41, 5.74) is -0.440. The number of rotatable bonds is 5. The zero-order valence-corrected chi connectivity index (χ0v) is 11.2. The van der Waals surface area contributed by atoms with E-state index < -0.39 is 11.6 Å². The quantitative estimate of drug-likeness (QED) is 0.830. The summed E-state index contributed by atoms with van der Waals surface area (Å²) in [4.78, 5) is 20.9. The minimum Gasteiger partial charge on any atom is -0.481 e. The molecule has 1 fully saturated rings. The molecule has 7 nitrogen and oxygen atoms in total. The number of methoxy groups -OCH3 is 1. The van der Waals surface area contributed by atoms with Crippen LogP contribution in [0.1, 0.15) is 12.7 Å². The van der Waals surface area contributed by atoms with Crippen molar-refractivity contribution in [1.82, 2.24) is 9.97 Å². The number of ether oxygens (including phenoxy) is 2. The summed E-state index contributed by atoms with van der Waals surface area (Å²) in [5, 5.41) is 8.61. The number of nitrogens with zero attached hydrogens (tertiary/aromatic N) is 3. The molecule has 0 unspecified atom stereocenters. The van der Waals surface area contributed by atoms with Crippen LogP contribution in [0, 0.1) is 6.92 Å². The number of hydrogen-bond donors (Lipinski definition) is 1. The second-order valence-electron chi connectivity index (χ2n) is 4.80. The van der Waals surface area contributed by atoms with Gasteiger partial charge in [0, 0.05) is 19.2 Å². The number of aliphatic carboxylic acids is 1. The van der Waals surface area contributed by atoms with Crippen molar-refractivity contribution in [2.24, 2.45) is 0 Å². The standard InChI is InChI=1S/C12H17N3O4/c1-8-13-9(4-10(14-8)18-3)15-6-12(2,7-15)19-5-11(16)17/h4H,5-7H2,1-3H3,(H,16,17). The Labute approximate surface area is 111 Å². The molecular weight excluding hydrogens is 250 g/mol. The van der Waals surface area contributed by atoms with Crippen molar-refractivity contribution in [3.05, 3.63) is 11.9 Å². The second-order valence-corrected chi connectivity index (χ2v) is 4.80. The van der Waals surface area contributed by atoms with Gasteiger partial charge in [-0.05, 0) is 13.8 Å². The number of carboxylic acid groups (broad SMARTS) is 1. The number of anilines is 1. The first-order chi connectivity index (χ1) is 8.92. The van der Waals surface area contributed by atoms with E-state index in [-0.39, 0.29) is 6.61 Å². The number of aromatic nitrogens is 2. The maximum Gasteiger partial charge on any atom is 0.329 e. The Kier molecular flexibility index (Phi) is 3.57. The lowest BCUT2D eigenvalue weighted by atomic mass is 9.96. The van der Waals surface area contributed by atoms with Crippen LogP contribution >= 0.6 is 0 Å². The first kappa shape index (κ1) is 13.5. The van der Waals surface area contributed by atoms with Gasteiger partial charge in [0.2, 0.25) is 5.88 Å². The lowest BCUT2D eigenvalue weighted by molar-refractivity contribution is -0.150. The van der Waals surface area contributed by atoms with Gasteiger partial charge in [-0.15, -0.1) is 0 Å². The van der Waals surface area contributed by atoms with Gasteiger partial charge >= 0.3 is 5.97 Å². The highest BCUT2D eigenvalue weighted by molar-refractivity contribution is 5.68. The van der Waals surface area contributed by atoms with E-state index in [4.69, 9.17) is 14.6 Å². The van der Waals surface area contributed by atoms with Gasteiger partial charge < -0.3 is 19.5 Å². The molecule has 0 aliphatic carbocycles. The second kappa shape index (κ2) is 5.00. The van der Waals surface area contributed by atoms with Crippen LogP contribution in [0.15, 0.2) is 6.07 Å². The fraction of sp³-hybridized carbons (Fsp3) is 0.583. The summed E-state index contributed by atoms with van der Waals surface area (Å²) in [7, 11) is 1.56. The maximum absolute atomic E-state index is 10.5. The van der Waals surface area contributed by atoms with E-state index in [1.807, 2.05) is 11.8 Å². The van der Waals surface area contributed by atoms with Crippen LogP contribution in [0.3, 0.4) is 0 Å². The molecule has 0 radical (unpaired) electrons. The molecule has 0 aromatic carbocycles. The van der Waals surface area contributed by atoms with Crippen LogP contribution < -0.4 is 9.64 Å². The smallest absolute Gasteiger partial charge is 0.329 e. The zero-order valence-electron chi connectivity index (χ0n) is 11.2. The van der Waals surface area contributed by atoms with E-state index in [9.17, 15) is 4.79 Å². The predicted octanol–water partition coefficient (Wildman–Crippen LogP) is 0.474. The van der Waals surface area contributed by atoms with E-state index in [0.29, 0.717) is 24.8 Å². The highest BCUT2D eigenvalue weighted by atomic mass is 16.5. The van der Waals surface area contributed by atoms with Crippen molar-refractivity contribution in [3.63, 3.8) is 0 Å². The molecule has 1 aliphatic heterocycles. The van der Waals surface area contributed by atoms with E-state index in [1.54, 1.807) is 20.1 Å².